The molecule has 0 saturated carbocycles. The third-order valence-corrected chi connectivity index (χ3v) is 3.85. The van der Waals surface area contributed by atoms with Crippen molar-refractivity contribution in [2.45, 2.75) is 24.5 Å². The molecule has 1 aliphatic rings. The van der Waals surface area contributed by atoms with Crippen molar-refractivity contribution in [3.63, 3.8) is 0 Å². The maximum atomic E-state index is 14.0. The van der Waals surface area contributed by atoms with Gasteiger partial charge in [-0.15, -0.1) is 0 Å². The first kappa shape index (κ1) is 14.4. The Balaban J connectivity index is 2.40. The van der Waals surface area contributed by atoms with Gasteiger partial charge in [0.05, 0.1) is 11.6 Å². The Morgan fingerprint density at radius 2 is 2.00 bits per heavy atom. The van der Waals surface area contributed by atoms with Crippen LogP contribution in [0.25, 0.3) is 0 Å². The maximum absolute atomic E-state index is 14.0. The first-order valence-corrected chi connectivity index (χ1v) is 6.38. The van der Waals surface area contributed by atoms with Gasteiger partial charge in [0.1, 0.15) is 0 Å². The summed E-state index contributed by atoms with van der Waals surface area (Å²) in [6.45, 7) is 1.12. The zero-order chi connectivity index (χ0) is 13.9. The highest BCUT2D eigenvalue weighted by Crippen LogP contribution is 2.38. The molecule has 1 aromatic carbocycles. The van der Waals surface area contributed by atoms with Gasteiger partial charge in [0.2, 0.25) is 0 Å². The molecule has 1 unspecified atom stereocenters. The standard InChI is InChI=1S/C14H19F2NO2/c1-17-13(10-4-3-5-11(15)12(10)16)14(18-2)6-8-19-9-7-14/h3-5,13,17H,6-9H2,1-2H3. The Bertz CT molecular complexity index is 433. The molecule has 1 heterocycles. The summed E-state index contributed by atoms with van der Waals surface area (Å²) in [6, 6.07) is 3.82. The van der Waals surface area contributed by atoms with Crippen LogP contribution in [0.4, 0.5) is 8.78 Å². The lowest BCUT2D eigenvalue weighted by Gasteiger charge is -2.42. The van der Waals surface area contributed by atoms with Gasteiger partial charge in [0.25, 0.3) is 0 Å². The molecule has 0 bridgehead atoms. The van der Waals surface area contributed by atoms with E-state index in [-0.39, 0.29) is 0 Å². The first-order chi connectivity index (χ1) is 9.14. The molecule has 1 N–H and O–H groups in total. The summed E-state index contributed by atoms with van der Waals surface area (Å²) in [5.41, 5.74) is -0.270. The number of halogens is 2. The lowest BCUT2D eigenvalue weighted by atomic mass is 9.82. The molecular weight excluding hydrogens is 252 g/mol. The SMILES string of the molecule is CNC(c1cccc(F)c1F)C1(OC)CCOCC1. The van der Waals surface area contributed by atoms with Gasteiger partial charge in [-0.3, -0.25) is 0 Å². The van der Waals surface area contributed by atoms with E-state index >= 15 is 0 Å². The zero-order valence-electron chi connectivity index (χ0n) is 11.2. The lowest BCUT2D eigenvalue weighted by molar-refractivity contribution is -0.111. The second kappa shape index (κ2) is 5.94. The second-order valence-electron chi connectivity index (χ2n) is 4.75. The van der Waals surface area contributed by atoms with E-state index in [9.17, 15) is 8.78 Å². The molecule has 106 valence electrons. The third-order valence-electron chi connectivity index (χ3n) is 3.85. The molecule has 0 amide bonds. The van der Waals surface area contributed by atoms with Crippen molar-refractivity contribution in [3.05, 3.63) is 35.4 Å². The highest BCUT2D eigenvalue weighted by molar-refractivity contribution is 5.26. The molecule has 0 aromatic heterocycles. The number of ether oxygens (including phenoxy) is 2. The monoisotopic (exact) mass is 271 g/mol. The van der Waals surface area contributed by atoms with Gasteiger partial charge < -0.3 is 14.8 Å². The van der Waals surface area contributed by atoms with Crippen LogP contribution in [0.15, 0.2) is 18.2 Å². The van der Waals surface area contributed by atoms with E-state index < -0.39 is 23.3 Å². The first-order valence-electron chi connectivity index (χ1n) is 6.38. The van der Waals surface area contributed by atoms with E-state index in [0.717, 1.165) is 6.07 Å². The van der Waals surface area contributed by atoms with Crippen molar-refractivity contribution >= 4 is 0 Å². The van der Waals surface area contributed by atoms with Gasteiger partial charge >= 0.3 is 0 Å². The highest BCUT2D eigenvalue weighted by atomic mass is 19.2. The van der Waals surface area contributed by atoms with Gasteiger partial charge in [0.15, 0.2) is 11.6 Å². The fraction of sp³-hybridized carbons (Fsp3) is 0.571. The molecule has 1 aromatic rings. The summed E-state index contributed by atoms with van der Waals surface area (Å²) in [5, 5.41) is 3.06. The van der Waals surface area contributed by atoms with Crippen LogP contribution in [-0.4, -0.2) is 33.0 Å². The summed E-state index contributed by atoms with van der Waals surface area (Å²) in [4.78, 5) is 0. The molecular formula is C14H19F2NO2. The van der Waals surface area contributed by atoms with Gasteiger partial charge in [-0.05, 0) is 13.1 Å². The molecule has 0 spiro atoms. The number of hydrogen-bond donors (Lipinski definition) is 1. The Morgan fingerprint density at radius 3 is 2.58 bits per heavy atom. The molecule has 1 saturated heterocycles. The second-order valence-corrected chi connectivity index (χ2v) is 4.75. The smallest absolute Gasteiger partial charge is 0.163 e. The number of likely N-dealkylation sites (N-methyl/N-ethyl adjacent to an activating group) is 1. The maximum Gasteiger partial charge on any atom is 0.163 e. The van der Waals surface area contributed by atoms with Crippen LogP contribution in [0, 0.1) is 11.6 Å². The van der Waals surface area contributed by atoms with E-state index in [0.29, 0.717) is 31.6 Å². The van der Waals surface area contributed by atoms with Crippen molar-refractivity contribution in [2.24, 2.45) is 0 Å². The van der Waals surface area contributed by atoms with E-state index in [2.05, 4.69) is 5.32 Å². The Morgan fingerprint density at radius 1 is 1.32 bits per heavy atom. The van der Waals surface area contributed by atoms with E-state index in [1.54, 1.807) is 20.2 Å². The number of hydrogen-bond acceptors (Lipinski definition) is 3. The fourth-order valence-electron chi connectivity index (χ4n) is 2.77. The number of nitrogens with one attached hydrogen (secondary N) is 1. The predicted octanol–water partition coefficient (Wildman–Crippen LogP) is 2.42. The van der Waals surface area contributed by atoms with Crippen LogP contribution in [0.5, 0.6) is 0 Å². The summed E-state index contributed by atoms with van der Waals surface area (Å²) >= 11 is 0. The van der Waals surface area contributed by atoms with Crippen LogP contribution in [-0.2, 0) is 9.47 Å². The summed E-state index contributed by atoms with van der Waals surface area (Å²) in [7, 11) is 3.33. The van der Waals surface area contributed by atoms with Gasteiger partial charge in [-0.25, -0.2) is 8.78 Å². The number of benzene rings is 1. The molecule has 1 atom stereocenters. The van der Waals surface area contributed by atoms with Crippen LogP contribution >= 0.6 is 0 Å². The highest BCUT2D eigenvalue weighted by Gasteiger charge is 2.42. The minimum atomic E-state index is -0.837. The van der Waals surface area contributed by atoms with Gasteiger partial charge in [0, 0.05) is 38.7 Å². The van der Waals surface area contributed by atoms with Gasteiger partial charge in [-0.1, -0.05) is 12.1 Å². The molecule has 5 heteroatoms. The Kier molecular flexibility index (Phi) is 4.50. The molecule has 19 heavy (non-hydrogen) atoms. The van der Waals surface area contributed by atoms with E-state index in [4.69, 9.17) is 9.47 Å². The van der Waals surface area contributed by atoms with Crippen molar-refractivity contribution in [3.8, 4) is 0 Å². The summed E-state index contributed by atoms with van der Waals surface area (Å²) in [5.74, 6) is -1.65. The summed E-state index contributed by atoms with van der Waals surface area (Å²) in [6.07, 6.45) is 1.29. The van der Waals surface area contributed by atoms with Crippen molar-refractivity contribution in [2.75, 3.05) is 27.4 Å². The largest absolute Gasteiger partial charge is 0.381 e. The lowest BCUT2D eigenvalue weighted by Crippen LogP contribution is -2.48. The number of methoxy groups -OCH3 is 1. The van der Waals surface area contributed by atoms with Gasteiger partial charge in [-0.2, -0.15) is 0 Å². The number of rotatable bonds is 4. The van der Waals surface area contributed by atoms with Crippen LogP contribution in [0.2, 0.25) is 0 Å². The molecule has 2 rings (SSSR count). The Labute approximate surface area is 111 Å². The van der Waals surface area contributed by atoms with Crippen LogP contribution < -0.4 is 5.32 Å². The van der Waals surface area contributed by atoms with E-state index in [1.807, 2.05) is 0 Å². The average molecular weight is 271 g/mol. The molecule has 3 nitrogen and oxygen atoms in total. The molecule has 0 radical (unpaired) electrons. The fourth-order valence-corrected chi connectivity index (χ4v) is 2.77. The molecule has 1 aliphatic heterocycles. The predicted molar refractivity (Wildman–Crippen MR) is 68.0 cm³/mol. The van der Waals surface area contributed by atoms with Crippen molar-refractivity contribution < 1.29 is 18.3 Å². The minimum absolute atomic E-state index is 0.297. The molecule has 1 fully saturated rings. The molecule has 0 aliphatic carbocycles. The van der Waals surface area contributed by atoms with Crippen LogP contribution in [0.1, 0.15) is 24.4 Å². The van der Waals surface area contributed by atoms with Crippen molar-refractivity contribution in [1.82, 2.24) is 5.32 Å². The average Bonchev–Trinajstić information content (AvgIpc) is 2.45. The van der Waals surface area contributed by atoms with Crippen molar-refractivity contribution in [1.29, 1.82) is 0 Å². The minimum Gasteiger partial charge on any atom is -0.381 e. The normalized spacial score (nSPS) is 20.2. The van der Waals surface area contributed by atoms with E-state index in [1.165, 1.54) is 6.07 Å². The zero-order valence-corrected chi connectivity index (χ0v) is 11.2. The summed E-state index contributed by atoms with van der Waals surface area (Å²) < 4.78 is 38.4. The topological polar surface area (TPSA) is 30.5 Å². The quantitative estimate of drug-likeness (QED) is 0.912. The Hall–Kier alpha value is -1.04. The third kappa shape index (κ3) is 2.63. The van der Waals surface area contributed by atoms with Crippen LogP contribution in [0.3, 0.4) is 0 Å².